The molecule has 0 atom stereocenters. The normalized spacial score (nSPS) is 14.9. The second-order valence-electron chi connectivity index (χ2n) is 7.48. The van der Waals surface area contributed by atoms with Crippen LogP contribution in [0.5, 0.6) is 0 Å². The van der Waals surface area contributed by atoms with Crippen molar-refractivity contribution < 1.29 is 19.2 Å². The lowest BCUT2D eigenvalue weighted by molar-refractivity contribution is -0.139. The van der Waals surface area contributed by atoms with Crippen molar-refractivity contribution in [2.75, 3.05) is 24.0 Å². The van der Waals surface area contributed by atoms with Gasteiger partial charge in [0.15, 0.2) is 0 Å². The number of carbonyl (C=O) groups excluding carboxylic acids is 4. The van der Waals surface area contributed by atoms with Crippen LogP contribution in [0, 0.1) is 22.7 Å². The number of hydrogen-bond acceptors (Lipinski definition) is 8. The highest BCUT2D eigenvalue weighted by Crippen LogP contribution is 2.14. The molecule has 172 valence electrons. The molecule has 2 fully saturated rings. The minimum Gasteiger partial charge on any atom is -0.367 e. The Kier molecular flexibility index (Phi) is 7.93. The van der Waals surface area contributed by atoms with Crippen molar-refractivity contribution in [3.63, 3.8) is 0 Å². The third kappa shape index (κ3) is 6.17. The molecule has 2 saturated heterocycles. The van der Waals surface area contributed by atoms with Crippen molar-refractivity contribution in [3.05, 3.63) is 59.7 Å². The highest BCUT2D eigenvalue weighted by molar-refractivity contribution is 6.02. The van der Waals surface area contributed by atoms with Crippen LogP contribution in [0.1, 0.15) is 36.8 Å². The number of anilines is 2. The average Bonchev–Trinajstić information content (AvgIpc) is 3.36. The molecule has 0 spiro atoms. The molecular weight excluding hydrogens is 436 g/mol. The van der Waals surface area contributed by atoms with E-state index in [1.54, 1.807) is 48.5 Å². The first-order valence-electron chi connectivity index (χ1n) is 10.6. The Morgan fingerprint density at radius 1 is 0.588 bits per heavy atom. The van der Waals surface area contributed by atoms with E-state index in [-0.39, 0.29) is 37.0 Å². The molecule has 0 aromatic heterocycles. The van der Waals surface area contributed by atoms with Gasteiger partial charge in [-0.3, -0.25) is 29.0 Å². The molecule has 2 aliphatic heterocycles. The van der Waals surface area contributed by atoms with E-state index < -0.39 is 0 Å². The maximum absolute atomic E-state index is 11.3. The SMILES string of the molecule is N#Cc1ccc(NCN2C(=O)CCC2=O)cc1.N#Cc1ccc(NCN2C(=O)CCC2=O)cc1. The summed E-state index contributed by atoms with van der Waals surface area (Å²) in [7, 11) is 0. The van der Waals surface area contributed by atoms with Gasteiger partial charge in [0, 0.05) is 37.1 Å². The van der Waals surface area contributed by atoms with Gasteiger partial charge >= 0.3 is 0 Å². The summed E-state index contributed by atoms with van der Waals surface area (Å²) < 4.78 is 0. The highest BCUT2D eigenvalue weighted by Gasteiger charge is 2.29. The average molecular weight is 458 g/mol. The van der Waals surface area contributed by atoms with Crippen molar-refractivity contribution in [2.45, 2.75) is 25.7 Å². The monoisotopic (exact) mass is 458 g/mol. The van der Waals surface area contributed by atoms with Gasteiger partial charge in [-0.1, -0.05) is 0 Å². The molecular formula is C24H22N6O4. The van der Waals surface area contributed by atoms with E-state index in [0.717, 1.165) is 11.4 Å². The van der Waals surface area contributed by atoms with E-state index in [2.05, 4.69) is 10.6 Å². The number of imide groups is 2. The zero-order valence-electron chi connectivity index (χ0n) is 18.3. The van der Waals surface area contributed by atoms with Crippen LogP contribution in [0.4, 0.5) is 11.4 Å². The molecule has 0 bridgehead atoms. The fraction of sp³-hybridized carbons (Fsp3) is 0.250. The number of nitriles is 2. The number of likely N-dealkylation sites (tertiary alicyclic amines) is 2. The summed E-state index contributed by atoms with van der Waals surface area (Å²) in [5.41, 5.74) is 2.70. The fourth-order valence-electron chi connectivity index (χ4n) is 3.26. The molecule has 0 radical (unpaired) electrons. The van der Waals surface area contributed by atoms with Crippen LogP contribution >= 0.6 is 0 Å². The number of hydrogen-bond donors (Lipinski definition) is 2. The summed E-state index contributed by atoms with van der Waals surface area (Å²) >= 11 is 0. The Morgan fingerprint density at radius 2 is 0.882 bits per heavy atom. The lowest BCUT2D eigenvalue weighted by atomic mass is 10.2. The van der Waals surface area contributed by atoms with Crippen LogP contribution in [0.15, 0.2) is 48.5 Å². The second kappa shape index (κ2) is 11.2. The number of carbonyl (C=O) groups is 4. The van der Waals surface area contributed by atoms with Crippen LogP contribution in [-0.2, 0) is 19.2 Å². The van der Waals surface area contributed by atoms with E-state index in [1.165, 1.54) is 9.80 Å². The smallest absolute Gasteiger partial charge is 0.231 e. The Hall–Kier alpha value is -4.70. The van der Waals surface area contributed by atoms with Crippen molar-refractivity contribution in [2.24, 2.45) is 0 Å². The summed E-state index contributed by atoms with van der Waals surface area (Å²) in [6.07, 6.45) is 1.20. The van der Waals surface area contributed by atoms with Gasteiger partial charge in [0.2, 0.25) is 23.6 Å². The van der Waals surface area contributed by atoms with Gasteiger partial charge in [-0.25, -0.2) is 0 Å². The van der Waals surface area contributed by atoms with Gasteiger partial charge in [-0.2, -0.15) is 10.5 Å². The van der Waals surface area contributed by atoms with E-state index in [0.29, 0.717) is 36.8 Å². The molecule has 4 amide bonds. The minimum atomic E-state index is -0.142. The van der Waals surface area contributed by atoms with Crippen molar-refractivity contribution in [3.8, 4) is 12.1 Å². The zero-order valence-corrected chi connectivity index (χ0v) is 18.3. The van der Waals surface area contributed by atoms with E-state index in [1.807, 2.05) is 12.1 Å². The molecule has 10 heteroatoms. The molecule has 2 N–H and O–H groups in total. The molecule has 4 rings (SSSR count). The molecule has 0 aliphatic carbocycles. The van der Waals surface area contributed by atoms with Crippen LogP contribution in [0.2, 0.25) is 0 Å². The number of amides is 4. The number of nitrogens with one attached hydrogen (secondary N) is 2. The maximum atomic E-state index is 11.3. The van der Waals surface area contributed by atoms with Crippen molar-refractivity contribution >= 4 is 35.0 Å². The van der Waals surface area contributed by atoms with Crippen LogP contribution < -0.4 is 10.6 Å². The Bertz CT molecular complexity index is 1040. The van der Waals surface area contributed by atoms with Gasteiger partial charge in [0.25, 0.3) is 0 Å². The Morgan fingerprint density at radius 3 is 1.15 bits per heavy atom. The van der Waals surface area contributed by atoms with Crippen LogP contribution in [0.3, 0.4) is 0 Å². The summed E-state index contributed by atoms with van der Waals surface area (Å²) in [5.74, 6) is -0.570. The van der Waals surface area contributed by atoms with Gasteiger partial charge in [-0.05, 0) is 48.5 Å². The highest BCUT2D eigenvalue weighted by atomic mass is 16.2. The number of rotatable bonds is 6. The van der Waals surface area contributed by atoms with E-state index in [4.69, 9.17) is 10.5 Å². The van der Waals surface area contributed by atoms with E-state index >= 15 is 0 Å². The second-order valence-corrected chi connectivity index (χ2v) is 7.48. The van der Waals surface area contributed by atoms with Gasteiger partial charge in [0.05, 0.1) is 36.6 Å². The topological polar surface area (TPSA) is 146 Å². The Labute approximate surface area is 196 Å². The van der Waals surface area contributed by atoms with Crippen LogP contribution in [0.25, 0.3) is 0 Å². The number of benzene rings is 2. The third-order valence-corrected chi connectivity index (χ3v) is 5.22. The first kappa shape index (κ1) is 24.0. The zero-order chi connectivity index (χ0) is 24.5. The number of nitrogens with zero attached hydrogens (tertiary/aromatic N) is 4. The summed E-state index contributed by atoms with van der Waals surface area (Å²) in [5, 5.41) is 23.2. The fourth-order valence-corrected chi connectivity index (χ4v) is 3.26. The molecule has 34 heavy (non-hydrogen) atoms. The molecule has 2 aromatic rings. The van der Waals surface area contributed by atoms with Crippen LogP contribution in [-0.4, -0.2) is 46.8 Å². The summed E-state index contributed by atoms with van der Waals surface area (Å²) in [6.45, 7) is 0.368. The lowest BCUT2D eigenvalue weighted by Gasteiger charge is -2.15. The molecule has 2 heterocycles. The molecule has 0 saturated carbocycles. The molecule has 2 aliphatic rings. The minimum absolute atomic E-state index is 0.142. The molecule has 2 aromatic carbocycles. The molecule has 10 nitrogen and oxygen atoms in total. The predicted octanol–water partition coefficient (Wildman–Crippen LogP) is 2.15. The van der Waals surface area contributed by atoms with E-state index in [9.17, 15) is 19.2 Å². The maximum Gasteiger partial charge on any atom is 0.231 e. The largest absolute Gasteiger partial charge is 0.367 e. The van der Waals surface area contributed by atoms with Gasteiger partial charge in [0.1, 0.15) is 0 Å². The first-order valence-corrected chi connectivity index (χ1v) is 10.6. The van der Waals surface area contributed by atoms with Gasteiger partial charge < -0.3 is 10.6 Å². The lowest BCUT2D eigenvalue weighted by Crippen LogP contribution is -2.33. The predicted molar refractivity (Wildman–Crippen MR) is 121 cm³/mol. The van der Waals surface area contributed by atoms with Crippen molar-refractivity contribution in [1.29, 1.82) is 10.5 Å². The quantitative estimate of drug-likeness (QED) is 0.626. The van der Waals surface area contributed by atoms with Gasteiger partial charge in [-0.15, -0.1) is 0 Å². The third-order valence-electron chi connectivity index (χ3n) is 5.22. The first-order chi connectivity index (χ1) is 16.4. The van der Waals surface area contributed by atoms with Crippen molar-refractivity contribution in [1.82, 2.24) is 9.80 Å². The Balaban J connectivity index is 0.000000191. The standard InChI is InChI=1S/2C12H11N3O2/c2*13-7-9-1-3-10(4-2-9)14-8-15-11(16)5-6-12(15)17/h2*1-4,14H,5-6,8H2. The summed E-state index contributed by atoms with van der Waals surface area (Å²) in [6, 6.07) is 17.7. The molecule has 0 unspecified atom stereocenters. The summed E-state index contributed by atoms with van der Waals surface area (Å²) in [4.78, 5) is 47.7.